The molecule has 0 fully saturated rings. The number of methoxy groups -OCH3 is 1. The Kier molecular flexibility index (Phi) is 4.71. The SMILES string of the molecule is CCNCc1cnc(-c2ccc(Cl)cc2OC)nc1. The first kappa shape index (κ1) is 13.8. The van der Waals surface area contributed by atoms with Crippen molar-refractivity contribution in [3.05, 3.63) is 41.2 Å². The van der Waals surface area contributed by atoms with Crippen LogP contribution >= 0.6 is 11.6 Å². The summed E-state index contributed by atoms with van der Waals surface area (Å²) in [5.74, 6) is 1.31. The number of benzene rings is 1. The highest BCUT2D eigenvalue weighted by Crippen LogP contribution is 2.29. The molecule has 0 radical (unpaired) electrons. The zero-order valence-electron chi connectivity index (χ0n) is 11.0. The summed E-state index contributed by atoms with van der Waals surface area (Å²) in [6.07, 6.45) is 3.64. The van der Waals surface area contributed by atoms with Crippen LogP contribution in [0.1, 0.15) is 12.5 Å². The van der Waals surface area contributed by atoms with E-state index in [1.165, 1.54) is 0 Å². The van der Waals surface area contributed by atoms with E-state index in [9.17, 15) is 0 Å². The highest BCUT2D eigenvalue weighted by atomic mass is 35.5. The molecule has 0 aliphatic rings. The van der Waals surface area contributed by atoms with Gasteiger partial charge in [0, 0.05) is 29.5 Å². The molecule has 0 spiro atoms. The number of halogens is 1. The first-order valence-corrected chi connectivity index (χ1v) is 6.48. The third-order valence-corrected chi connectivity index (χ3v) is 2.92. The van der Waals surface area contributed by atoms with Crippen molar-refractivity contribution in [1.29, 1.82) is 0 Å². The lowest BCUT2D eigenvalue weighted by Crippen LogP contribution is -2.12. The van der Waals surface area contributed by atoms with Crippen molar-refractivity contribution in [3.8, 4) is 17.1 Å². The lowest BCUT2D eigenvalue weighted by atomic mass is 10.2. The van der Waals surface area contributed by atoms with Crippen LogP contribution in [0, 0.1) is 0 Å². The Labute approximate surface area is 117 Å². The Balaban J connectivity index is 2.26. The van der Waals surface area contributed by atoms with Crippen LogP contribution in [0.15, 0.2) is 30.6 Å². The fourth-order valence-corrected chi connectivity index (χ4v) is 1.87. The fourth-order valence-electron chi connectivity index (χ4n) is 1.70. The molecule has 0 saturated carbocycles. The number of hydrogen-bond donors (Lipinski definition) is 1. The molecule has 1 heterocycles. The molecule has 19 heavy (non-hydrogen) atoms. The number of nitrogens with one attached hydrogen (secondary N) is 1. The molecule has 2 rings (SSSR count). The summed E-state index contributed by atoms with van der Waals surface area (Å²) in [4.78, 5) is 8.73. The molecule has 0 bridgehead atoms. The number of aromatic nitrogens is 2. The Morgan fingerprint density at radius 1 is 1.26 bits per heavy atom. The highest BCUT2D eigenvalue weighted by molar-refractivity contribution is 6.30. The number of ether oxygens (including phenoxy) is 1. The highest BCUT2D eigenvalue weighted by Gasteiger charge is 2.09. The summed E-state index contributed by atoms with van der Waals surface area (Å²) >= 11 is 5.94. The van der Waals surface area contributed by atoms with Crippen molar-refractivity contribution in [2.75, 3.05) is 13.7 Å². The Hall–Kier alpha value is -1.65. The third kappa shape index (κ3) is 3.43. The van der Waals surface area contributed by atoms with Gasteiger partial charge in [0.25, 0.3) is 0 Å². The first-order valence-electron chi connectivity index (χ1n) is 6.10. The summed E-state index contributed by atoms with van der Waals surface area (Å²) in [5, 5.41) is 3.86. The van der Waals surface area contributed by atoms with Gasteiger partial charge in [-0.05, 0) is 24.7 Å². The van der Waals surface area contributed by atoms with Crippen molar-refractivity contribution in [1.82, 2.24) is 15.3 Å². The predicted molar refractivity (Wildman–Crippen MR) is 76.4 cm³/mol. The van der Waals surface area contributed by atoms with Gasteiger partial charge >= 0.3 is 0 Å². The quantitative estimate of drug-likeness (QED) is 0.913. The Bertz CT molecular complexity index is 543. The molecule has 4 nitrogen and oxygen atoms in total. The van der Waals surface area contributed by atoms with Crippen LogP contribution in [-0.4, -0.2) is 23.6 Å². The normalized spacial score (nSPS) is 10.5. The van der Waals surface area contributed by atoms with E-state index in [1.54, 1.807) is 19.2 Å². The molecule has 0 atom stereocenters. The largest absolute Gasteiger partial charge is 0.496 e. The van der Waals surface area contributed by atoms with E-state index in [0.29, 0.717) is 16.6 Å². The van der Waals surface area contributed by atoms with Gasteiger partial charge in [-0.1, -0.05) is 18.5 Å². The molecule has 0 aliphatic carbocycles. The standard InChI is InChI=1S/C14H16ClN3O/c1-3-16-7-10-8-17-14(18-9-10)12-5-4-11(15)6-13(12)19-2/h4-6,8-9,16H,3,7H2,1-2H3. The topological polar surface area (TPSA) is 47.0 Å². The van der Waals surface area contributed by atoms with Crippen molar-refractivity contribution in [2.24, 2.45) is 0 Å². The van der Waals surface area contributed by atoms with E-state index in [4.69, 9.17) is 16.3 Å². The molecule has 0 amide bonds. The monoisotopic (exact) mass is 277 g/mol. The van der Waals surface area contributed by atoms with Crippen molar-refractivity contribution < 1.29 is 4.74 Å². The van der Waals surface area contributed by atoms with Crippen LogP contribution in [-0.2, 0) is 6.54 Å². The van der Waals surface area contributed by atoms with Crippen molar-refractivity contribution >= 4 is 11.6 Å². The molecule has 100 valence electrons. The Morgan fingerprint density at radius 2 is 2.00 bits per heavy atom. The van der Waals surface area contributed by atoms with Gasteiger partial charge in [-0.3, -0.25) is 0 Å². The smallest absolute Gasteiger partial charge is 0.162 e. The molecule has 0 unspecified atom stereocenters. The second-order valence-electron chi connectivity index (χ2n) is 4.04. The molecule has 2 aromatic rings. The summed E-state index contributed by atoms with van der Waals surface area (Å²) in [6, 6.07) is 5.42. The summed E-state index contributed by atoms with van der Waals surface area (Å²) in [5.41, 5.74) is 1.89. The summed E-state index contributed by atoms with van der Waals surface area (Å²) in [6.45, 7) is 3.76. The van der Waals surface area contributed by atoms with E-state index in [2.05, 4.69) is 22.2 Å². The maximum Gasteiger partial charge on any atom is 0.162 e. The Morgan fingerprint density at radius 3 is 2.63 bits per heavy atom. The fraction of sp³-hybridized carbons (Fsp3) is 0.286. The number of nitrogens with zero attached hydrogens (tertiary/aromatic N) is 2. The zero-order valence-corrected chi connectivity index (χ0v) is 11.7. The second kappa shape index (κ2) is 6.50. The van der Waals surface area contributed by atoms with Crippen LogP contribution in [0.3, 0.4) is 0 Å². The second-order valence-corrected chi connectivity index (χ2v) is 4.48. The molecular weight excluding hydrogens is 262 g/mol. The molecule has 1 aromatic carbocycles. The van der Waals surface area contributed by atoms with E-state index < -0.39 is 0 Å². The van der Waals surface area contributed by atoms with Crippen LogP contribution in [0.2, 0.25) is 5.02 Å². The molecule has 1 aromatic heterocycles. The van der Waals surface area contributed by atoms with Gasteiger partial charge in [0.05, 0.1) is 12.7 Å². The van der Waals surface area contributed by atoms with Crippen molar-refractivity contribution in [2.45, 2.75) is 13.5 Å². The summed E-state index contributed by atoms with van der Waals surface area (Å²) in [7, 11) is 1.61. The van der Waals surface area contributed by atoms with E-state index in [1.807, 2.05) is 18.5 Å². The van der Waals surface area contributed by atoms with Gasteiger partial charge in [0.1, 0.15) is 5.75 Å². The van der Waals surface area contributed by atoms with Crippen LogP contribution in [0.5, 0.6) is 5.75 Å². The minimum absolute atomic E-state index is 0.629. The maximum absolute atomic E-state index is 5.94. The first-order chi connectivity index (χ1) is 9.24. The van der Waals surface area contributed by atoms with Gasteiger partial charge in [-0.25, -0.2) is 9.97 Å². The van der Waals surface area contributed by atoms with E-state index in [-0.39, 0.29) is 0 Å². The lowest BCUT2D eigenvalue weighted by Gasteiger charge is -2.08. The molecule has 0 saturated heterocycles. The third-order valence-electron chi connectivity index (χ3n) is 2.69. The summed E-state index contributed by atoms with van der Waals surface area (Å²) < 4.78 is 5.30. The van der Waals surface area contributed by atoms with E-state index >= 15 is 0 Å². The van der Waals surface area contributed by atoms with Gasteiger partial charge in [-0.15, -0.1) is 0 Å². The zero-order chi connectivity index (χ0) is 13.7. The predicted octanol–water partition coefficient (Wildman–Crippen LogP) is 2.92. The van der Waals surface area contributed by atoms with Gasteiger partial charge < -0.3 is 10.1 Å². The number of hydrogen-bond acceptors (Lipinski definition) is 4. The number of rotatable bonds is 5. The molecular formula is C14H16ClN3O. The molecule has 0 aliphatic heterocycles. The van der Waals surface area contributed by atoms with Crippen LogP contribution < -0.4 is 10.1 Å². The average molecular weight is 278 g/mol. The average Bonchev–Trinajstić information content (AvgIpc) is 2.45. The molecule has 1 N–H and O–H groups in total. The van der Waals surface area contributed by atoms with Gasteiger partial charge in [0.2, 0.25) is 0 Å². The maximum atomic E-state index is 5.94. The van der Waals surface area contributed by atoms with Crippen molar-refractivity contribution in [3.63, 3.8) is 0 Å². The molecule has 5 heteroatoms. The van der Waals surface area contributed by atoms with Gasteiger partial charge in [-0.2, -0.15) is 0 Å². The van der Waals surface area contributed by atoms with Crippen LogP contribution in [0.25, 0.3) is 11.4 Å². The van der Waals surface area contributed by atoms with E-state index in [0.717, 1.165) is 24.2 Å². The lowest BCUT2D eigenvalue weighted by molar-refractivity contribution is 0.416. The minimum Gasteiger partial charge on any atom is -0.496 e. The minimum atomic E-state index is 0.629. The van der Waals surface area contributed by atoms with Gasteiger partial charge in [0.15, 0.2) is 5.82 Å². The van der Waals surface area contributed by atoms with Crippen LogP contribution in [0.4, 0.5) is 0 Å².